The van der Waals surface area contributed by atoms with E-state index in [9.17, 15) is 0 Å². The van der Waals surface area contributed by atoms with E-state index in [0.717, 1.165) is 0 Å². The van der Waals surface area contributed by atoms with Crippen molar-refractivity contribution in [3.63, 3.8) is 0 Å². The van der Waals surface area contributed by atoms with Crippen molar-refractivity contribution in [3.05, 3.63) is 191 Å². The van der Waals surface area contributed by atoms with E-state index in [4.69, 9.17) is 0 Å². The summed E-state index contributed by atoms with van der Waals surface area (Å²) in [6.07, 6.45) is 16.8. The van der Waals surface area contributed by atoms with Gasteiger partial charge < -0.3 is 4.98 Å². The van der Waals surface area contributed by atoms with Gasteiger partial charge >= 0.3 is 0 Å². The fraction of sp³-hybridized carbons (Fsp3) is 0.185. The van der Waals surface area contributed by atoms with Crippen LogP contribution in [0.15, 0.2) is 163 Å². The fourth-order valence-corrected chi connectivity index (χ4v) is 12.5. The van der Waals surface area contributed by atoms with Crippen LogP contribution in [-0.2, 0) is 10.8 Å². The number of aromatic nitrogens is 1. The zero-order chi connectivity index (χ0) is 37.5. The minimum Gasteiger partial charge on any atom is -0.355 e. The van der Waals surface area contributed by atoms with E-state index in [0.29, 0.717) is 17.1 Å². The molecular weight excluding hydrogens is 695 g/mol. The van der Waals surface area contributed by atoms with E-state index < -0.39 is 0 Å². The number of rotatable bonds is 3. The molecule has 1 nitrogen and oxygen atoms in total. The van der Waals surface area contributed by atoms with Crippen LogP contribution in [0, 0.1) is 5.92 Å². The summed E-state index contributed by atoms with van der Waals surface area (Å²) in [7, 11) is 0. The number of H-pyrrole nitrogens is 1. The Bertz CT molecular complexity index is 2980. The first-order chi connectivity index (χ1) is 27.2. The smallest absolute Gasteiger partial charge is 0.0465 e. The van der Waals surface area contributed by atoms with Gasteiger partial charge in [-0.1, -0.05) is 149 Å². The van der Waals surface area contributed by atoms with Gasteiger partial charge in [-0.3, -0.25) is 0 Å². The van der Waals surface area contributed by atoms with Crippen molar-refractivity contribution >= 4 is 39.1 Å². The lowest BCUT2D eigenvalue weighted by atomic mass is 9.74. The van der Waals surface area contributed by atoms with E-state index in [1.165, 1.54) is 99.0 Å². The van der Waals surface area contributed by atoms with Crippen LogP contribution >= 0.6 is 11.8 Å². The Morgan fingerprint density at radius 1 is 0.536 bits per heavy atom. The van der Waals surface area contributed by atoms with Crippen molar-refractivity contribution in [1.29, 1.82) is 0 Å². The highest BCUT2D eigenvalue weighted by molar-refractivity contribution is 8.00. The fourth-order valence-electron chi connectivity index (χ4n) is 11.0. The summed E-state index contributed by atoms with van der Waals surface area (Å²) < 4.78 is 0. The molecule has 2 heterocycles. The van der Waals surface area contributed by atoms with Crippen LogP contribution in [0.5, 0.6) is 0 Å². The molecule has 1 aromatic heterocycles. The number of hydrogen-bond donors (Lipinski definition) is 1. The van der Waals surface area contributed by atoms with Crippen molar-refractivity contribution < 1.29 is 0 Å². The molecule has 12 rings (SSSR count). The number of allylic oxidation sites excluding steroid dienone is 7. The van der Waals surface area contributed by atoms with Gasteiger partial charge in [0, 0.05) is 49.2 Å². The highest BCUT2D eigenvalue weighted by atomic mass is 32.2. The summed E-state index contributed by atoms with van der Waals surface area (Å²) in [6, 6.07) is 44.2. The van der Waals surface area contributed by atoms with Crippen molar-refractivity contribution in [3.8, 4) is 33.4 Å². The predicted molar refractivity (Wildman–Crippen MR) is 238 cm³/mol. The van der Waals surface area contributed by atoms with E-state index >= 15 is 0 Å². The Labute approximate surface area is 333 Å². The van der Waals surface area contributed by atoms with E-state index in [2.05, 4.69) is 190 Å². The van der Waals surface area contributed by atoms with Crippen LogP contribution in [0.1, 0.15) is 72.9 Å². The van der Waals surface area contributed by atoms with E-state index in [1.807, 2.05) is 11.8 Å². The molecule has 56 heavy (non-hydrogen) atoms. The Kier molecular flexibility index (Phi) is 6.70. The number of benzene rings is 6. The van der Waals surface area contributed by atoms with Gasteiger partial charge in [0.15, 0.2) is 0 Å². The maximum absolute atomic E-state index is 3.65. The molecule has 0 radical (unpaired) electrons. The van der Waals surface area contributed by atoms with Crippen LogP contribution in [0.3, 0.4) is 0 Å². The standard InChI is InChI=1S/C54H43NS/c1-53(2)45-14-8-5-11-36(45)38-21-17-32(29-47(38)53)31-20-24-51-43(25-31)44-28-35(33-18-22-39-37-12-6-9-15-46(37)54(3,4)48(39)30-33)27-41(52(44)56-51)34-19-23-50-42(26-34)40-13-7-10-16-49(40)55-50/h5-30,36,43,45,51,55H,1-4H3. The van der Waals surface area contributed by atoms with Crippen LogP contribution < -0.4 is 0 Å². The number of nitrogens with one attached hydrogen (secondary N) is 1. The molecule has 1 N–H and O–H groups in total. The van der Waals surface area contributed by atoms with Crippen LogP contribution in [-0.4, -0.2) is 10.2 Å². The molecule has 1 aliphatic heterocycles. The van der Waals surface area contributed by atoms with Crippen LogP contribution in [0.25, 0.3) is 60.8 Å². The molecule has 4 unspecified atom stereocenters. The lowest BCUT2D eigenvalue weighted by Gasteiger charge is -2.29. The number of fused-ring (bicyclic) bond motifs is 12. The molecule has 270 valence electrons. The molecule has 0 fully saturated rings. The molecule has 6 aromatic carbocycles. The Hall–Kier alpha value is -5.57. The first-order valence-corrected chi connectivity index (χ1v) is 21.1. The van der Waals surface area contributed by atoms with Crippen molar-refractivity contribution in [2.75, 3.05) is 0 Å². The number of hydrogen-bond acceptors (Lipinski definition) is 1. The van der Waals surface area contributed by atoms with Gasteiger partial charge in [-0.25, -0.2) is 0 Å². The van der Waals surface area contributed by atoms with Crippen molar-refractivity contribution in [2.24, 2.45) is 5.92 Å². The zero-order valence-corrected chi connectivity index (χ0v) is 33.0. The SMILES string of the molecule is CC1(C)c2ccccc2-c2ccc(-c3cc(-c4ccc5[nH]c6ccccc6c5c4)c4c(c3)C3C=C(c5ccc6c(c5)C(C)(C)C5C=CC=CC65)C=CC3S4)cc21. The maximum Gasteiger partial charge on any atom is 0.0465 e. The molecule has 4 atom stereocenters. The van der Waals surface area contributed by atoms with Gasteiger partial charge in [-0.2, -0.15) is 0 Å². The molecule has 2 heteroatoms. The second-order valence-electron chi connectivity index (χ2n) is 17.7. The molecule has 5 aliphatic rings. The minimum atomic E-state index is -0.0522. The van der Waals surface area contributed by atoms with Gasteiger partial charge in [0.05, 0.1) is 0 Å². The monoisotopic (exact) mass is 737 g/mol. The average molecular weight is 738 g/mol. The average Bonchev–Trinajstić information content (AvgIpc) is 3.92. The molecule has 7 aromatic rings. The minimum absolute atomic E-state index is 0.0522. The lowest BCUT2D eigenvalue weighted by Crippen LogP contribution is -2.24. The van der Waals surface area contributed by atoms with Crippen LogP contribution in [0.2, 0.25) is 0 Å². The predicted octanol–water partition coefficient (Wildman–Crippen LogP) is 14.3. The lowest BCUT2D eigenvalue weighted by molar-refractivity contribution is 0.394. The highest BCUT2D eigenvalue weighted by Gasteiger charge is 2.45. The van der Waals surface area contributed by atoms with Crippen molar-refractivity contribution in [1.82, 2.24) is 4.98 Å². The Morgan fingerprint density at radius 2 is 1.30 bits per heavy atom. The molecule has 4 aliphatic carbocycles. The summed E-state index contributed by atoms with van der Waals surface area (Å²) in [5, 5.41) is 2.91. The molecular formula is C54H43NS. The van der Waals surface area contributed by atoms with Gasteiger partial charge in [0.25, 0.3) is 0 Å². The van der Waals surface area contributed by atoms with E-state index in [-0.39, 0.29) is 16.7 Å². The van der Waals surface area contributed by atoms with Gasteiger partial charge in [-0.05, 0) is 120 Å². The first kappa shape index (κ1) is 32.7. The largest absolute Gasteiger partial charge is 0.355 e. The molecule has 0 saturated heterocycles. The quantitative estimate of drug-likeness (QED) is 0.191. The summed E-state index contributed by atoms with van der Waals surface area (Å²) in [5.41, 5.74) is 20.3. The number of para-hydroxylation sites is 1. The summed E-state index contributed by atoms with van der Waals surface area (Å²) in [6.45, 7) is 9.64. The number of thioether (sulfide) groups is 1. The first-order valence-electron chi connectivity index (χ1n) is 20.2. The third-order valence-corrected chi connectivity index (χ3v) is 15.5. The molecule has 0 saturated carbocycles. The summed E-state index contributed by atoms with van der Waals surface area (Å²) in [4.78, 5) is 5.07. The van der Waals surface area contributed by atoms with Crippen molar-refractivity contribution in [2.45, 2.75) is 60.5 Å². The molecule has 0 amide bonds. The van der Waals surface area contributed by atoms with Gasteiger partial charge in [0.2, 0.25) is 0 Å². The normalized spacial score (nSPS) is 22.8. The molecule has 0 bridgehead atoms. The second kappa shape index (κ2) is 11.5. The van der Waals surface area contributed by atoms with E-state index in [1.54, 1.807) is 0 Å². The maximum atomic E-state index is 3.65. The third kappa shape index (κ3) is 4.51. The van der Waals surface area contributed by atoms with Crippen LogP contribution in [0.4, 0.5) is 0 Å². The van der Waals surface area contributed by atoms with Gasteiger partial charge in [0.1, 0.15) is 0 Å². The molecule has 0 spiro atoms. The summed E-state index contributed by atoms with van der Waals surface area (Å²) >= 11 is 2.04. The third-order valence-electron chi connectivity index (χ3n) is 14.1. The Morgan fingerprint density at radius 3 is 2.23 bits per heavy atom. The Balaban J connectivity index is 1.02. The number of aromatic amines is 1. The zero-order valence-electron chi connectivity index (χ0n) is 32.2. The summed E-state index contributed by atoms with van der Waals surface area (Å²) in [5.74, 6) is 1.27. The highest BCUT2D eigenvalue weighted by Crippen LogP contribution is 2.57. The topological polar surface area (TPSA) is 15.8 Å². The second-order valence-corrected chi connectivity index (χ2v) is 18.9. The van der Waals surface area contributed by atoms with Gasteiger partial charge in [-0.15, -0.1) is 11.8 Å².